The lowest BCUT2D eigenvalue weighted by atomic mass is 10.2. The van der Waals surface area contributed by atoms with Crippen molar-refractivity contribution >= 4 is 40.0 Å². The lowest BCUT2D eigenvalue weighted by Crippen LogP contribution is -2.38. The summed E-state index contributed by atoms with van der Waals surface area (Å²) in [5.74, 6) is 1.60. The van der Waals surface area contributed by atoms with Crippen LogP contribution in [-0.2, 0) is 23.1 Å². The fraction of sp³-hybridized carbons (Fsp3) is 0.409. The van der Waals surface area contributed by atoms with Crippen molar-refractivity contribution in [1.29, 1.82) is 0 Å². The second-order valence-corrected chi connectivity index (χ2v) is 9.30. The third-order valence-electron chi connectivity index (χ3n) is 5.23. The predicted molar refractivity (Wildman–Crippen MR) is 135 cm³/mol. The van der Waals surface area contributed by atoms with E-state index in [0.717, 1.165) is 35.7 Å². The fourth-order valence-electron chi connectivity index (χ4n) is 3.50. The van der Waals surface area contributed by atoms with Crippen LogP contribution in [0, 0.1) is 0 Å². The summed E-state index contributed by atoms with van der Waals surface area (Å²) >= 11 is 0. The van der Waals surface area contributed by atoms with Crippen LogP contribution in [0.25, 0.3) is 0 Å². The summed E-state index contributed by atoms with van der Waals surface area (Å²) in [6.07, 6.45) is 1.87. The number of sulfonamides is 1. The maximum Gasteiger partial charge on any atom is 0.243 e. The van der Waals surface area contributed by atoms with E-state index in [2.05, 4.69) is 10.3 Å². The van der Waals surface area contributed by atoms with E-state index in [1.807, 2.05) is 48.3 Å². The van der Waals surface area contributed by atoms with E-state index in [1.54, 1.807) is 30.6 Å². The van der Waals surface area contributed by atoms with E-state index in [0.29, 0.717) is 31.1 Å². The highest BCUT2D eigenvalue weighted by atomic mass is 127. The van der Waals surface area contributed by atoms with Gasteiger partial charge in [0.1, 0.15) is 5.75 Å². The van der Waals surface area contributed by atoms with Gasteiger partial charge in [0.05, 0.1) is 12.0 Å². The van der Waals surface area contributed by atoms with Gasteiger partial charge in [-0.3, -0.25) is 4.99 Å². The van der Waals surface area contributed by atoms with Crippen molar-refractivity contribution < 1.29 is 13.2 Å². The third kappa shape index (κ3) is 6.56. The molecule has 170 valence electrons. The Morgan fingerprint density at radius 1 is 1.06 bits per heavy atom. The summed E-state index contributed by atoms with van der Waals surface area (Å²) in [4.78, 5) is 6.74. The molecule has 0 saturated carbocycles. The molecular weight excluding hydrogens is 527 g/mol. The maximum atomic E-state index is 12.6. The van der Waals surface area contributed by atoms with Crippen molar-refractivity contribution in [2.75, 3.05) is 34.3 Å². The first-order valence-corrected chi connectivity index (χ1v) is 11.5. The highest BCUT2D eigenvalue weighted by Gasteiger charge is 2.26. The lowest BCUT2D eigenvalue weighted by molar-refractivity contribution is 0.414. The molecule has 0 atom stereocenters. The standard InChI is InChI=1S/C22H30N4O3S.HI/c1-23-22(25(2)17-19-6-10-20(29-3)11-7-19)24-16-18-8-12-21(13-9-18)30(27,28)26-14-4-5-15-26;/h6-13H,4-5,14-17H2,1-3H3,(H,23,24);1H. The minimum absolute atomic E-state index is 0. The van der Waals surface area contributed by atoms with Crippen LogP contribution in [0.2, 0.25) is 0 Å². The van der Waals surface area contributed by atoms with Crippen LogP contribution in [-0.4, -0.2) is 57.9 Å². The monoisotopic (exact) mass is 558 g/mol. The Morgan fingerprint density at radius 2 is 1.65 bits per heavy atom. The molecule has 0 bridgehead atoms. The van der Waals surface area contributed by atoms with Crippen molar-refractivity contribution in [1.82, 2.24) is 14.5 Å². The molecule has 0 radical (unpaired) electrons. The number of hydrogen-bond donors (Lipinski definition) is 1. The van der Waals surface area contributed by atoms with Gasteiger partial charge < -0.3 is 15.0 Å². The Kier molecular flexibility index (Phi) is 9.57. The number of methoxy groups -OCH3 is 1. The molecule has 0 spiro atoms. The Hall–Kier alpha value is -1.85. The number of benzene rings is 2. The normalized spacial score (nSPS) is 14.7. The van der Waals surface area contributed by atoms with E-state index in [4.69, 9.17) is 4.74 Å². The molecule has 0 aromatic heterocycles. The van der Waals surface area contributed by atoms with Gasteiger partial charge in [-0.15, -0.1) is 24.0 Å². The molecule has 2 aromatic carbocycles. The fourth-order valence-corrected chi connectivity index (χ4v) is 5.02. The first kappa shape index (κ1) is 25.4. The van der Waals surface area contributed by atoms with Gasteiger partial charge in [0, 0.05) is 40.3 Å². The summed E-state index contributed by atoms with van der Waals surface area (Å²) in [6.45, 7) is 2.49. The Bertz CT molecular complexity index is 957. The van der Waals surface area contributed by atoms with Crippen LogP contribution in [0.1, 0.15) is 24.0 Å². The van der Waals surface area contributed by atoms with Crippen molar-refractivity contribution in [2.45, 2.75) is 30.8 Å². The molecule has 3 rings (SSSR count). The molecule has 1 heterocycles. The van der Waals surface area contributed by atoms with E-state index >= 15 is 0 Å². The van der Waals surface area contributed by atoms with Gasteiger partial charge in [0.2, 0.25) is 10.0 Å². The second kappa shape index (κ2) is 11.7. The number of nitrogens with one attached hydrogen (secondary N) is 1. The maximum absolute atomic E-state index is 12.6. The van der Waals surface area contributed by atoms with Crippen LogP contribution in [0.4, 0.5) is 0 Å². The number of hydrogen-bond acceptors (Lipinski definition) is 4. The van der Waals surface area contributed by atoms with E-state index in [9.17, 15) is 8.42 Å². The first-order valence-electron chi connectivity index (χ1n) is 10.1. The molecule has 31 heavy (non-hydrogen) atoms. The largest absolute Gasteiger partial charge is 0.497 e. The van der Waals surface area contributed by atoms with Gasteiger partial charge in [-0.2, -0.15) is 4.31 Å². The number of halogens is 1. The molecule has 1 aliphatic rings. The van der Waals surface area contributed by atoms with Crippen molar-refractivity contribution in [2.24, 2.45) is 4.99 Å². The highest BCUT2D eigenvalue weighted by molar-refractivity contribution is 14.0. The van der Waals surface area contributed by atoms with Crippen LogP contribution in [0.5, 0.6) is 5.75 Å². The average molecular weight is 558 g/mol. The Labute approximate surface area is 202 Å². The molecule has 0 amide bonds. The summed E-state index contributed by atoms with van der Waals surface area (Å²) in [5.41, 5.74) is 2.15. The van der Waals surface area contributed by atoms with E-state index in [-0.39, 0.29) is 24.0 Å². The van der Waals surface area contributed by atoms with Gasteiger partial charge in [-0.05, 0) is 48.2 Å². The molecule has 0 aliphatic carbocycles. The molecule has 1 fully saturated rings. The van der Waals surface area contributed by atoms with Gasteiger partial charge in [-0.25, -0.2) is 8.42 Å². The number of aliphatic imine (C=N–C) groups is 1. The number of guanidine groups is 1. The number of nitrogens with zero attached hydrogens (tertiary/aromatic N) is 3. The van der Waals surface area contributed by atoms with Crippen molar-refractivity contribution in [3.05, 3.63) is 59.7 Å². The van der Waals surface area contributed by atoms with Gasteiger partial charge in [0.25, 0.3) is 0 Å². The molecule has 7 nitrogen and oxygen atoms in total. The zero-order chi connectivity index (χ0) is 21.6. The van der Waals surface area contributed by atoms with Crippen molar-refractivity contribution in [3.8, 4) is 5.75 Å². The topological polar surface area (TPSA) is 74.2 Å². The van der Waals surface area contributed by atoms with Gasteiger partial charge in [-0.1, -0.05) is 24.3 Å². The van der Waals surface area contributed by atoms with Crippen LogP contribution in [0.3, 0.4) is 0 Å². The smallest absolute Gasteiger partial charge is 0.243 e. The van der Waals surface area contributed by atoms with E-state index < -0.39 is 10.0 Å². The average Bonchev–Trinajstić information content (AvgIpc) is 3.31. The van der Waals surface area contributed by atoms with Crippen LogP contribution >= 0.6 is 24.0 Å². The second-order valence-electron chi connectivity index (χ2n) is 7.36. The zero-order valence-electron chi connectivity index (χ0n) is 18.2. The number of rotatable bonds is 7. The minimum atomic E-state index is -3.37. The molecule has 2 aromatic rings. The summed E-state index contributed by atoms with van der Waals surface area (Å²) in [5, 5.41) is 3.33. The van der Waals surface area contributed by atoms with E-state index in [1.165, 1.54) is 0 Å². The third-order valence-corrected chi connectivity index (χ3v) is 7.14. The van der Waals surface area contributed by atoms with Crippen LogP contribution in [0.15, 0.2) is 58.4 Å². The number of ether oxygens (including phenoxy) is 1. The lowest BCUT2D eigenvalue weighted by Gasteiger charge is -2.22. The first-order chi connectivity index (χ1) is 14.4. The SMILES string of the molecule is CN=C(NCc1ccc(S(=O)(=O)N2CCCC2)cc1)N(C)Cc1ccc(OC)cc1.I. The summed E-state index contributed by atoms with van der Waals surface area (Å²) in [7, 11) is 2.01. The molecule has 1 aliphatic heterocycles. The zero-order valence-corrected chi connectivity index (χ0v) is 21.4. The summed E-state index contributed by atoms with van der Waals surface area (Å²) < 4.78 is 32.0. The molecular formula is C22H31IN4O3S. The Morgan fingerprint density at radius 3 is 2.19 bits per heavy atom. The molecule has 1 N–H and O–H groups in total. The van der Waals surface area contributed by atoms with Gasteiger partial charge in [0.15, 0.2) is 5.96 Å². The molecule has 1 saturated heterocycles. The summed E-state index contributed by atoms with van der Waals surface area (Å²) in [6, 6.07) is 15.0. The van der Waals surface area contributed by atoms with Crippen molar-refractivity contribution in [3.63, 3.8) is 0 Å². The van der Waals surface area contributed by atoms with Gasteiger partial charge >= 0.3 is 0 Å². The minimum Gasteiger partial charge on any atom is -0.497 e. The molecule has 0 unspecified atom stereocenters. The predicted octanol–water partition coefficient (Wildman–Crippen LogP) is 3.31. The Balaban J connectivity index is 0.00000341. The highest BCUT2D eigenvalue weighted by Crippen LogP contribution is 2.21. The quantitative estimate of drug-likeness (QED) is 0.321. The molecule has 9 heteroatoms. The van der Waals surface area contributed by atoms with Crippen LogP contribution < -0.4 is 10.1 Å².